The highest BCUT2D eigenvalue weighted by Gasteiger charge is 2.56. The largest absolute Gasteiger partial charge is 0.394 e. The maximum Gasteiger partial charge on any atom is 0.392 e. The number of benzene rings is 2. The summed E-state index contributed by atoms with van der Waals surface area (Å²) >= 11 is 0. The van der Waals surface area contributed by atoms with Crippen molar-refractivity contribution in [2.75, 3.05) is 5.73 Å². The molecule has 0 saturated heterocycles. The zero-order chi connectivity index (χ0) is 13.6. The summed E-state index contributed by atoms with van der Waals surface area (Å²) in [5.41, 5.74) is 6.45. The van der Waals surface area contributed by atoms with Crippen LogP contribution in [0.4, 0.5) is 11.4 Å². The minimum Gasteiger partial charge on any atom is -0.394 e. The molecule has 19 heavy (non-hydrogen) atoms. The van der Waals surface area contributed by atoms with Gasteiger partial charge in [-0.05, 0) is 22.8 Å². The number of nitrogens with zero attached hydrogens (tertiary/aromatic N) is 1. The summed E-state index contributed by atoms with van der Waals surface area (Å²) in [4.78, 5) is 24.7. The van der Waals surface area contributed by atoms with Gasteiger partial charge in [0.25, 0.3) is 0 Å². The van der Waals surface area contributed by atoms with Crippen LogP contribution in [0.3, 0.4) is 0 Å². The van der Waals surface area contributed by atoms with Crippen LogP contribution in [-0.4, -0.2) is 17.0 Å². The van der Waals surface area contributed by atoms with Crippen LogP contribution < -0.4 is 10.4 Å². The van der Waals surface area contributed by atoms with Crippen molar-refractivity contribution in [2.24, 2.45) is 0 Å². The SMILES string of the molecule is Nc1ccccc1[N+]1(O)C(=O)c2ccccc2C1=O. The summed E-state index contributed by atoms with van der Waals surface area (Å²) in [6.07, 6.45) is 0. The first-order valence-corrected chi connectivity index (χ1v) is 5.72. The molecule has 94 valence electrons. The van der Waals surface area contributed by atoms with E-state index < -0.39 is 16.5 Å². The van der Waals surface area contributed by atoms with Crippen LogP contribution >= 0.6 is 0 Å². The Balaban J connectivity index is 2.26. The molecule has 0 fully saturated rings. The Hall–Kier alpha value is -2.50. The molecular weight excluding hydrogens is 244 g/mol. The van der Waals surface area contributed by atoms with E-state index in [1.165, 1.54) is 24.3 Å². The van der Waals surface area contributed by atoms with Crippen LogP contribution in [0.2, 0.25) is 0 Å². The molecule has 3 rings (SSSR count). The van der Waals surface area contributed by atoms with Crippen molar-refractivity contribution in [1.29, 1.82) is 0 Å². The van der Waals surface area contributed by atoms with Gasteiger partial charge >= 0.3 is 11.8 Å². The molecule has 0 saturated carbocycles. The molecule has 0 bridgehead atoms. The zero-order valence-electron chi connectivity index (χ0n) is 9.91. The number of rotatable bonds is 1. The molecule has 0 spiro atoms. The van der Waals surface area contributed by atoms with Crippen molar-refractivity contribution >= 4 is 23.2 Å². The highest BCUT2D eigenvalue weighted by molar-refractivity contribution is 6.29. The van der Waals surface area contributed by atoms with Crippen molar-refractivity contribution in [1.82, 2.24) is 4.65 Å². The van der Waals surface area contributed by atoms with Gasteiger partial charge in [-0.3, -0.25) is 0 Å². The Morgan fingerprint density at radius 3 is 1.84 bits per heavy atom. The number of carbonyl (C=O) groups excluding carboxylic acids is 2. The van der Waals surface area contributed by atoms with Crippen molar-refractivity contribution in [3.63, 3.8) is 0 Å². The summed E-state index contributed by atoms with van der Waals surface area (Å²) in [6, 6.07) is 12.6. The molecule has 2 amide bonds. The number of hydrogen-bond acceptors (Lipinski definition) is 4. The van der Waals surface area contributed by atoms with E-state index in [0.29, 0.717) is 0 Å². The van der Waals surface area contributed by atoms with Gasteiger partial charge in [-0.25, -0.2) is 9.59 Å². The molecule has 1 aliphatic rings. The minimum atomic E-state index is -1.42. The molecular formula is C14H11N2O3+. The van der Waals surface area contributed by atoms with E-state index in [2.05, 4.69) is 0 Å². The van der Waals surface area contributed by atoms with Gasteiger partial charge in [0.2, 0.25) is 5.69 Å². The summed E-state index contributed by atoms with van der Waals surface area (Å²) in [6.45, 7) is 0. The highest BCUT2D eigenvalue weighted by atomic mass is 16.6. The van der Waals surface area contributed by atoms with E-state index in [1.54, 1.807) is 24.3 Å². The predicted molar refractivity (Wildman–Crippen MR) is 69.5 cm³/mol. The first-order valence-electron chi connectivity index (χ1n) is 5.72. The Morgan fingerprint density at radius 1 is 0.842 bits per heavy atom. The molecule has 2 aromatic rings. The molecule has 5 nitrogen and oxygen atoms in total. The van der Waals surface area contributed by atoms with Gasteiger partial charge in [0.05, 0.1) is 5.69 Å². The summed E-state index contributed by atoms with van der Waals surface area (Å²) in [7, 11) is 0. The van der Waals surface area contributed by atoms with Crippen molar-refractivity contribution in [3.8, 4) is 0 Å². The number of para-hydroxylation sites is 2. The highest BCUT2D eigenvalue weighted by Crippen LogP contribution is 2.36. The number of carbonyl (C=O) groups is 2. The monoisotopic (exact) mass is 255 g/mol. The second-order valence-electron chi connectivity index (χ2n) is 4.35. The topological polar surface area (TPSA) is 80.4 Å². The van der Waals surface area contributed by atoms with Gasteiger partial charge in [-0.15, -0.1) is 0 Å². The lowest BCUT2D eigenvalue weighted by Crippen LogP contribution is -2.51. The third kappa shape index (κ3) is 1.36. The number of nitrogen functional groups attached to an aromatic ring is 1. The lowest BCUT2D eigenvalue weighted by Gasteiger charge is -2.19. The Labute approximate surface area is 109 Å². The second kappa shape index (κ2) is 3.74. The Bertz CT molecular complexity index is 674. The third-order valence-corrected chi connectivity index (χ3v) is 3.26. The van der Waals surface area contributed by atoms with Gasteiger partial charge in [0, 0.05) is 6.07 Å². The summed E-state index contributed by atoms with van der Waals surface area (Å²) in [5.74, 6) is -1.36. The lowest BCUT2D eigenvalue weighted by molar-refractivity contribution is -0.0274. The smallest absolute Gasteiger partial charge is 0.392 e. The number of hydrogen-bond donors (Lipinski definition) is 2. The number of nitrogens with two attached hydrogens (primary N) is 1. The van der Waals surface area contributed by atoms with Gasteiger partial charge < -0.3 is 5.73 Å². The summed E-state index contributed by atoms with van der Waals surface area (Å²) in [5, 5.41) is 10.6. The lowest BCUT2D eigenvalue weighted by atomic mass is 10.1. The molecule has 0 aliphatic carbocycles. The van der Waals surface area contributed by atoms with Crippen LogP contribution in [0.5, 0.6) is 0 Å². The van der Waals surface area contributed by atoms with E-state index in [-0.39, 0.29) is 22.5 Å². The molecule has 0 atom stereocenters. The zero-order valence-corrected chi connectivity index (χ0v) is 9.91. The fourth-order valence-electron chi connectivity index (χ4n) is 2.30. The quantitative estimate of drug-likeness (QED) is 0.353. The first kappa shape index (κ1) is 11.6. The Morgan fingerprint density at radius 2 is 1.32 bits per heavy atom. The number of fused-ring (bicyclic) bond motifs is 1. The molecule has 1 heterocycles. The van der Waals surface area contributed by atoms with Gasteiger partial charge in [0.1, 0.15) is 11.1 Å². The minimum absolute atomic E-state index is 0.0775. The average Bonchev–Trinajstić information content (AvgIpc) is 2.63. The molecule has 0 unspecified atom stereocenters. The second-order valence-corrected chi connectivity index (χ2v) is 4.35. The van der Waals surface area contributed by atoms with Crippen LogP contribution in [0, 0.1) is 0 Å². The number of amides is 2. The summed E-state index contributed by atoms with van der Waals surface area (Å²) < 4.78 is -1.42. The van der Waals surface area contributed by atoms with Crippen LogP contribution in [0.25, 0.3) is 0 Å². The van der Waals surface area contributed by atoms with Gasteiger partial charge in [-0.2, -0.15) is 5.21 Å². The van der Waals surface area contributed by atoms with Crippen molar-refractivity contribution in [3.05, 3.63) is 59.7 Å². The molecule has 2 aromatic carbocycles. The van der Waals surface area contributed by atoms with Crippen LogP contribution in [0.1, 0.15) is 20.7 Å². The van der Waals surface area contributed by atoms with E-state index >= 15 is 0 Å². The maximum atomic E-state index is 12.3. The van der Waals surface area contributed by atoms with Crippen LogP contribution in [0.15, 0.2) is 48.5 Å². The third-order valence-electron chi connectivity index (χ3n) is 3.26. The van der Waals surface area contributed by atoms with Crippen LogP contribution in [-0.2, 0) is 0 Å². The predicted octanol–water partition coefficient (Wildman–Crippen LogP) is 1.96. The van der Waals surface area contributed by atoms with E-state index in [4.69, 9.17) is 5.73 Å². The Kier molecular flexibility index (Phi) is 2.28. The average molecular weight is 255 g/mol. The van der Waals surface area contributed by atoms with Crippen molar-refractivity contribution < 1.29 is 14.8 Å². The molecule has 1 aliphatic heterocycles. The first-order chi connectivity index (χ1) is 9.06. The number of anilines is 1. The molecule has 0 radical (unpaired) electrons. The fraction of sp³-hybridized carbons (Fsp3) is 0. The van der Waals surface area contributed by atoms with Gasteiger partial charge in [0.15, 0.2) is 0 Å². The molecule has 3 N–H and O–H groups in total. The van der Waals surface area contributed by atoms with E-state index in [1.807, 2.05) is 0 Å². The fourth-order valence-corrected chi connectivity index (χ4v) is 2.30. The van der Waals surface area contributed by atoms with E-state index in [9.17, 15) is 14.8 Å². The molecule has 5 heteroatoms. The maximum absolute atomic E-state index is 12.3. The van der Waals surface area contributed by atoms with Gasteiger partial charge in [-0.1, -0.05) is 24.3 Å². The molecule has 0 aromatic heterocycles. The van der Waals surface area contributed by atoms with E-state index in [0.717, 1.165) is 0 Å². The number of hydroxylamine groups is 2. The number of imide groups is 1. The normalized spacial score (nSPS) is 16.5. The van der Waals surface area contributed by atoms with Crippen molar-refractivity contribution in [2.45, 2.75) is 0 Å². The number of quaternary nitrogens is 1. The standard InChI is InChI=1S/C14H11N2O3/c15-11-7-3-4-8-12(11)16(19)13(17)9-5-1-2-6-10(9)14(16)18/h1-8,19H,15H2/q+1.